The van der Waals surface area contributed by atoms with Gasteiger partial charge in [-0.3, -0.25) is 4.79 Å². The number of benzene rings is 1. The Labute approximate surface area is 106 Å². The predicted octanol–water partition coefficient (Wildman–Crippen LogP) is 0.533. The summed E-state index contributed by atoms with van der Waals surface area (Å²) in [7, 11) is 2.72. The van der Waals surface area contributed by atoms with E-state index in [0.29, 0.717) is 6.42 Å². The number of rotatable bonds is 6. The molecule has 0 bridgehead atoms. The molecule has 0 fully saturated rings. The molecule has 98 valence electrons. The van der Waals surface area contributed by atoms with Crippen molar-refractivity contribution in [3.63, 3.8) is 0 Å². The number of hydrogen-bond donors (Lipinski definition) is 1. The van der Waals surface area contributed by atoms with Gasteiger partial charge in [0, 0.05) is 13.5 Å². The van der Waals surface area contributed by atoms with Crippen LogP contribution < -0.4 is 5.32 Å². The summed E-state index contributed by atoms with van der Waals surface area (Å²) in [6.45, 7) is -0.0811. The lowest BCUT2D eigenvalue weighted by Gasteiger charge is -2.16. The topological polar surface area (TPSA) is 64.6 Å². The lowest BCUT2D eigenvalue weighted by molar-refractivity contribution is -0.145. The zero-order valence-corrected chi connectivity index (χ0v) is 10.5. The third kappa shape index (κ3) is 4.55. The van der Waals surface area contributed by atoms with Gasteiger partial charge < -0.3 is 14.8 Å². The van der Waals surface area contributed by atoms with Crippen LogP contribution in [0.25, 0.3) is 0 Å². The first-order chi connectivity index (χ1) is 8.67. The molecule has 1 aromatic carbocycles. The van der Waals surface area contributed by atoms with Crippen molar-refractivity contribution in [3.05, 3.63) is 35.9 Å². The van der Waals surface area contributed by atoms with Crippen molar-refractivity contribution in [1.82, 2.24) is 5.32 Å². The van der Waals surface area contributed by atoms with Crippen molar-refractivity contribution >= 4 is 11.9 Å². The first-order valence-electron chi connectivity index (χ1n) is 5.57. The fraction of sp³-hybridized carbons (Fsp3) is 0.385. The largest absolute Gasteiger partial charge is 0.467 e. The molecule has 0 heterocycles. The molecule has 0 saturated carbocycles. The van der Waals surface area contributed by atoms with Gasteiger partial charge in [-0.1, -0.05) is 30.3 Å². The van der Waals surface area contributed by atoms with E-state index >= 15 is 0 Å². The Balaban J connectivity index is 2.67. The number of carbonyl (C=O) groups is 2. The van der Waals surface area contributed by atoms with Gasteiger partial charge in [0.05, 0.1) is 7.11 Å². The van der Waals surface area contributed by atoms with Crippen molar-refractivity contribution in [2.75, 3.05) is 20.8 Å². The third-order valence-corrected chi connectivity index (χ3v) is 2.38. The second-order valence-electron chi connectivity index (χ2n) is 3.77. The van der Waals surface area contributed by atoms with E-state index in [9.17, 15) is 9.59 Å². The van der Waals surface area contributed by atoms with Crippen LogP contribution in [-0.2, 0) is 25.5 Å². The number of hydrogen-bond acceptors (Lipinski definition) is 4. The van der Waals surface area contributed by atoms with E-state index in [0.717, 1.165) is 5.56 Å². The number of carbonyl (C=O) groups excluding carboxylic acids is 2. The highest BCUT2D eigenvalue weighted by atomic mass is 16.5. The highest BCUT2D eigenvalue weighted by Crippen LogP contribution is 2.04. The molecule has 1 atom stereocenters. The van der Waals surface area contributed by atoms with E-state index in [-0.39, 0.29) is 12.5 Å². The standard InChI is InChI=1S/C13H17NO4/c1-17-9-12(15)14-11(13(16)18-2)8-10-6-4-3-5-7-10/h3-7,11H,8-9H2,1-2H3,(H,14,15)/t11-/m1/s1. The summed E-state index contributed by atoms with van der Waals surface area (Å²) in [5, 5.41) is 2.58. The molecule has 5 nitrogen and oxygen atoms in total. The van der Waals surface area contributed by atoms with Crippen molar-refractivity contribution in [2.45, 2.75) is 12.5 Å². The fourth-order valence-corrected chi connectivity index (χ4v) is 1.55. The van der Waals surface area contributed by atoms with E-state index in [1.54, 1.807) is 0 Å². The molecule has 0 spiro atoms. The molecule has 5 heteroatoms. The van der Waals surface area contributed by atoms with Gasteiger partial charge in [0.25, 0.3) is 0 Å². The normalized spacial score (nSPS) is 11.7. The maximum Gasteiger partial charge on any atom is 0.328 e. The molecule has 0 unspecified atom stereocenters. The average molecular weight is 251 g/mol. The minimum atomic E-state index is -0.694. The minimum Gasteiger partial charge on any atom is -0.467 e. The smallest absolute Gasteiger partial charge is 0.328 e. The Morgan fingerprint density at radius 1 is 1.22 bits per heavy atom. The highest BCUT2D eigenvalue weighted by molar-refractivity contribution is 5.85. The summed E-state index contributed by atoms with van der Waals surface area (Å²) >= 11 is 0. The maximum atomic E-state index is 11.6. The number of ether oxygens (including phenoxy) is 2. The molecule has 0 radical (unpaired) electrons. The Morgan fingerprint density at radius 2 is 1.89 bits per heavy atom. The SMILES string of the molecule is COCC(=O)N[C@H](Cc1ccccc1)C(=O)OC. The second-order valence-corrected chi connectivity index (χ2v) is 3.77. The molecule has 1 rings (SSSR count). The van der Waals surface area contributed by atoms with Crippen LogP contribution in [0.4, 0.5) is 0 Å². The van der Waals surface area contributed by atoms with Crippen LogP contribution in [0.1, 0.15) is 5.56 Å². The van der Waals surface area contributed by atoms with E-state index in [2.05, 4.69) is 10.1 Å². The summed E-state index contributed by atoms with van der Waals surface area (Å²) < 4.78 is 9.37. The van der Waals surface area contributed by atoms with Crippen LogP contribution in [-0.4, -0.2) is 38.7 Å². The van der Waals surface area contributed by atoms with E-state index in [1.807, 2.05) is 30.3 Å². The van der Waals surface area contributed by atoms with Crippen LogP contribution in [0, 0.1) is 0 Å². The minimum absolute atomic E-state index is 0.0811. The zero-order valence-electron chi connectivity index (χ0n) is 10.5. The molecule has 18 heavy (non-hydrogen) atoms. The number of methoxy groups -OCH3 is 2. The molecule has 1 amide bonds. The summed E-state index contributed by atoms with van der Waals surface area (Å²) in [6, 6.07) is 8.72. The lowest BCUT2D eigenvalue weighted by atomic mass is 10.1. The van der Waals surface area contributed by atoms with Gasteiger partial charge in [-0.25, -0.2) is 4.79 Å². The second kappa shape index (κ2) is 7.45. The average Bonchev–Trinajstić information content (AvgIpc) is 2.38. The van der Waals surface area contributed by atoms with Gasteiger partial charge in [0.1, 0.15) is 12.6 Å². The van der Waals surface area contributed by atoms with Crippen molar-refractivity contribution in [3.8, 4) is 0 Å². The summed E-state index contributed by atoms with van der Waals surface area (Å²) in [6.07, 6.45) is 0.392. The lowest BCUT2D eigenvalue weighted by Crippen LogP contribution is -2.44. The monoisotopic (exact) mass is 251 g/mol. The number of esters is 1. The summed E-state index contributed by atoms with van der Waals surface area (Å²) in [5.74, 6) is -0.813. The van der Waals surface area contributed by atoms with E-state index < -0.39 is 12.0 Å². The molecule has 0 aliphatic rings. The van der Waals surface area contributed by atoms with Crippen molar-refractivity contribution < 1.29 is 19.1 Å². The third-order valence-electron chi connectivity index (χ3n) is 2.38. The van der Waals surface area contributed by atoms with E-state index in [4.69, 9.17) is 4.74 Å². The van der Waals surface area contributed by atoms with Gasteiger partial charge in [-0.2, -0.15) is 0 Å². The molecule has 0 aromatic heterocycles. The molecule has 1 N–H and O–H groups in total. The molecule has 0 aliphatic heterocycles. The highest BCUT2D eigenvalue weighted by Gasteiger charge is 2.21. The van der Waals surface area contributed by atoms with Crippen molar-refractivity contribution in [1.29, 1.82) is 0 Å². The number of amides is 1. The Hall–Kier alpha value is -1.88. The molecule has 1 aromatic rings. The maximum absolute atomic E-state index is 11.6. The fourth-order valence-electron chi connectivity index (χ4n) is 1.55. The Bertz CT molecular complexity index is 391. The molecular weight excluding hydrogens is 234 g/mol. The molecular formula is C13H17NO4. The summed E-state index contributed by atoms with van der Waals surface area (Å²) in [5.41, 5.74) is 0.950. The van der Waals surface area contributed by atoms with Crippen molar-refractivity contribution in [2.24, 2.45) is 0 Å². The Kier molecular flexibility index (Phi) is 5.87. The summed E-state index contributed by atoms with van der Waals surface area (Å²) in [4.78, 5) is 23.0. The first kappa shape index (κ1) is 14.2. The predicted molar refractivity (Wildman–Crippen MR) is 66.0 cm³/mol. The van der Waals surface area contributed by atoms with Gasteiger partial charge >= 0.3 is 5.97 Å². The van der Waals surface area contributed by atoms with Crippen LogP contribution in [0.15, 0.2) is 30.3 Å². The molecule has 0 saturated heterocycles. The first-order valence-corrected chi connectivity index (χ1v) is 5.57. The van der Waals surface area contributed by atoms with Gasteiger partial charge in [-0.05, 0) is 5.56 Å². The van der Waals surface area contributed by atoms with Crippen LogP contribution >= 0.6 is 0 Å². The van der Waals surface area contributed by atoms with Crippen LogP contribution in [0.2, 0.25) is 0 Å². The number of nitrogens with one attached hydrogen (secondary N) is 1. The van der Waals surface area contributed by atoms with Gasteiger partial charge in [0.15, 0.2) is 0 Å². The molecule has 0 aliphatic carbocycles. The van der Waals surface area contributed by atoms with E-state index in [1.165, 1.54) is 14.2 Å². The van der Waals surface area contributed by atoms with Gasteiger partial charge in [-0.15, -0.1) is 0 Å². The van der Waals surface area contributed by atoms with Crippen LogP contribution in [0.5, 0.6) is 0 Å². The quantitative estimate of drug-likeness (QED) is 0.749. The van der Waals surface area contributed by atoms with Crippen LogP contribution in [0.3, 0.4) is 0 Å². The zero-order chi connectivity index (χ0) is 13.4. The Morgan fingerprint density at radius 3 is 2.44 bits per heavy atom. The van der Waals surface area contributed by atoms with Gasteiger partial charge in [0.2, 0.25) is 5.91 Å².